The maximum Gasteiger partial charge on any atom is 0.158 e. The van der Waals surface area contributed by atoms with Crippen LogP contribution in [-0.4, -0.2) is 24.6 Å². The first-order valence-corrected chi connectivity index (χ1v) is 10.6. The molecule has 0 bridgehead atoms. The molecule has 0 aliphatic heterocycles. The van der Waals surface area contributed by atoms with Crippen molar-refractivity contribution in [3.05, 3.63) is 53.4 Å². The summed E-state index contributed by atoms with van der Waals surface area (Å²) in [5.41, 5.74) is 7.69. The molecule has 0 fully saturated rings. The molecule has 4 aromatic heterocycles. The minimum Gasteiger partial charge on any atom is -0.244 e. The molecule has 6 heteroatoms. The van der Waals surface area contributed by atoms with Crippen LogP contribution in [0.5, 0.6) is 0 Å². The molecule has 0 saturated heterocycles. The van der Waals surface area contributed by atoms with Gasteiger partial charge in [-0.25, -0.2) is 19.5 Å². The number of rotatable bonds is 5. The first-order chi connectivity index (χ1) is 13.5. The lowest BCUT2D eigenvalue weighted by Crippen LogP contribution is -2.05. The molecule has 4 aromatic rings. The van der Waals surface area contributed by atoms with Gasteiger partial charge in [-0.2, -0.15) is 5.10 Å². The molecule has 0 radical (unpaired) electrons. The third-order valence-electron chi connectivity index (χ3n) is 5.31. The van der Waals surface area contributed by atoms with Crippen LogP contribution in [0.15, 0.2) is 30.9 Å². The molecule has 0 amide bonds. The lowest BCUT2D eigenvalue weighted by Gasteiger charge is -2.14. The molecular formula is C22H25N5S. The van der Waals surface area contributed by atoms with E-state index in [9.17, 15) is 0 Å². The van der Waals surface area contributed by atoms with E-state index in [0.717, 1.165) is 46.0 Å². The summed E-state index contributed by atoms with van der Waals surface area (Å²) in [7, 11) is 0. The van der Waals surface area contributed by atoms with Crippen molar-refractivity contribution < 1.29 is 0 Å². The lowest BCUT2D eigenvalue weighted by molar-refractivity contribution is 0.638. The third-order valence-corrected chi connectivity index (χ3v) is 6.61. The van der Waals surface area contributed by atoms with Gasteiger partial charge in [0.15, 0.2) is 5.65 Å². The molecule has 0 aliphatic carbocycles. The molecule has 4 rings (SSSR count). The fourth-order valence-electron chi connectivity index (χ4n) is 3.85. The highest BCUT2D eigenvalue weighted by atomic mass is 32.1. The molecule has 5 nitrogen and oxygen atoms in total. The molecule has 0 unspecified atom stereocenters. The normalized spacial score (nSPS) is 11.6. The van der Waals surface area contributed by atoms with Gasteiger partial charge in [0.2, 0.25) is 0 Å². The van der Waals surface area contributed by atoms with Gasteiger partial charge >= 0.3 is 0 Å². The highest BCUT2D eigenvalue weighted by Gasteiger charge is 2.22. The second-order valence-corrected chi connectivity index (χ2v) is 8.34. The monoisotopic (exact) mass is 391 g/mol. The summed E-state index contributed by atoms with van der Waals surface area (Å²) in [6, 6.07) is 4.41. The van der Waals surface area contributed by atoms with Gasteiger partial charge in [0.05, 0.1) is 16.3 Å². The van der Waals surface area contributed by atoms with E-state index < -0.39 is 0 Å². The Balaban J connectivity index is 1.93. The Labute approximate surface area is 169 Å². The summed E-state index contributed by atoms with van der Waals surface area (Å²) in [5.74, 6) is 0.500. The quantitative estimate of drug-likeness (QED) is 0.435. The molecule has 0 aliphatic rings. The van der Waals surface area contributed by atoms with Crippen LogP contribution < -0.4 is 0 Å². The van der Waals surface area contributed by atoms with Crippen LogP contribution in [0.25, 0.3) is 26.7 Å². The summed E-state index contributed by atoms with van der Waals surface area (Å²) >= 11 is 1.75. The second kappa shape index (κ2) is 7.43. The zero-order chi connectivity index (χ0) is 19.8. The van der Waals surface area contributed by atoms with Crippen molar-refractivity contribution in [2.45, 2.75) is 53.4 Å². The van der Waals surface area contributed by atoms with Crippen molar-refractivity contribution in [3.8, 4) is 21.0 Å². The summed E-state index contributed by atoms with van der Waals surface area (Å²) in [6.45, 7) is 10.8. The standard InChI is InChI=1S/C22H25N5S/c1-6-16(7-2)18-9-14(4)26-27-20(15(5)25-22(18)27)21-13(3)8-19(28-21)17-10-23-12-24-11-17/h8-12,16H,6-7H2,1-5H3. The van der Waals surface area contributed by atoms with Crippen LogP contribution >= 0.6 is 11.3 Å². The fourth-order valence-corrected chi connectivity index (χ4v) is 5.08. The SMILES string of the molecule is CCC(CC)c1cc(C)nn2c(-c3sc(-c4cncnc4)cc3C)c(C)nc12. The van der Waals surface area contributed by atoms with E-state index in [1.165, 1.54) is 16.0 Å². The first kappa shape index (κ1) is 18.7. The van der Waals surface area contributed by atoms with Gasteiger partial charge in [-0.15, -0.1) is 11.3 Å². The van der Waals surface area contributed by atoms with Crippen LogP contribution in [-0.2, 0) is 0 Å². The first-order valence-electron chi connectivity index (χ1n) is 9.76. The van der Waals surface area contributed by atoms with E-state index in [1.807, 2.05) is 12.4 Å². The van der Waals surface area contributed by atoms with Crippen molar-refractivity contribution in [2.24, 2.45) is 0 Å². The Morgan fingerprint density at radius 1 is 1.04 bits per heavy atom. The number of thiophene rings is 1. The van der Waals surface area contributed by atoms with E-state index >= 15 is 0 Å². The van der Waals surface area contributed by atoms with Crippen LogP contribution in [0.2, 0.25) is 0 Å². The smallest absolute Gasteiger partial charge is 0.158 e. The summed E-state index contributed by atoms with van der Waals surface area (Å²) < 4.78 is 2.06. The maximum absolute atomic E-state index is 4.95. The molecule has 0 aromatic carbocycles. The van der Waals surface area contributed by atoms with Gasteiger partial charge in [0.1, 0.15) is 12.0 Å². The Hall–Kier alpha value is -2.60. The number of aryl methyl sites for hydroxylation is 3. The summed E-state index contributed by atoms with van der Waals surface area (Å²) in [4.78, 5) is 15.6. The topological polar surface area (TPSA) is 56.0 Å². The van der Waals surface area contributed by atoms with Gasteiger partial charge in [-0.3, -0.25) is 0 Å². The van der Waals surface area contributed by atoms with Crippen LogP contribution in [0, 0.1) is 20.8 Å². The minimum absolute atomic E-state index is 0.500. The van der Waals surface area contributed by atoms with Crippen LogP contribution in [0.4, 0.5) is 0 Å². The van der Waals surface area contributed by atoms with E-state index in [0.29, 0.717) is 5.92 Å². The third kappa shape index (κ3) is 3.11. The molecule has 0 N–H and O–H groups in total. The largest absolute Gasteiger partial charge is 0.244 e. The number of imidazole rings is 1. The predicted octanol–water partition coefficient (Wildman–Crippen LogP) is 5.74. The zero-order valence-electron chi connectivity index (χ0n) is 17.0. The number of nitrogens with zero attached hydrogens (tertiary/aromatic N) is 5. The Morgan fingerprint density at radius 3 is 2.43 bits per heavy atom. The lowest BCUT2D eigenvalue weighted by atomic mass is 9.95. The zero-order valence-corrected chi connectivity index (χ0v) is 17.8. The molecular weight excluding hydrogens is 366 g/mol. The van der Waals surface area contributed by atoms with Crippen molar-refractivity contribution in [3.63, 3.8) is 0 Å². The summed E-state index contributed by atoms with van der Waals surface area (Å²) in [6.07, 6.45) is 7.49. The number of aromatic nitrogens is 5. The van der Waals surface area contributed by atoms with Crippen molar-refractivity contribution in [1.82, 2.24) is 24.6 Å². The van der Waals surface area contributed by atoms with Gasteiger partial charge in [0, 0.05) is 28.4 Å². The summed E-state index contributed by atoms with van der Waals surface area (Å²) in [5, 5.41) is 4.84. The predicted molar refractivity (Wildman–Crippen MR) is 115 cm³/mol. The van der Waals surface area contributed by atoms with Crippen LogP contribution in [0.3, 0.4) is 0 Å². The Kier molecular flexibility index (Phi) is 4.98. The molecule has 144 valence electrons. The Bertz CT molecular complexity index is 1120. The van der Waals surface area contributed by atoms with Crippen molar-refractivity contribution in [1.29, 1.82) is 0 Å². The maximum atomic E-state index is 4.95. The number of hydrogen-bond acceptors (Lipinski definition) is 5. The average Bonchev–Trinajstić information content (AvgIpc) is 3.22. The van der Waals surface area contributed by atoms with Crippen molar-refractivity contribution in [2.75, 3.05) is 0 Å². The highest BCUT2D eigenvalue weighted by molar-refractivity contribution is 7.19. The molecule has 0 saturated carbocycles. The Morgan fingerprint density at radius 2 is 1.75 bits per heavy atom. The highest BCUT2D eigenvalue weighted by Crippen LogP contribution is 2.40. The van der Waals surface area contributed by atoms with Gasteiger partial charge < -0.3 is 0 Å². The molecule has 4 heterocycles. The van der Waals surface area contributed by atoms with E-state index in [2.05, 4.69) is 61.2 Å². The van der Waals surface area contributed by atoms with Crippen LogP contribution in [0.1, 0.15) is 55.1 Å². The average molecular weight is 392 g/mol. The van der Waals surface area contributed by atoms with Gasteiger partial charge in [-0.05, 0) is 57.2 Å². The fraction of sp³-hybridized carbons (Fsp3) is 0.364. The van der Waals surface area contributed by atoms with Crippen molar-refractivity contribution >= 4 is 17.0 Å². The van der Waals surface area contributed by atoms with Gasteiger partial charge in [0.25, 0.3) is 0 Å². The van der Waals surface area contributed by atoms with E-state index in [-0.39, 0.29) is 0 Å². The molecule has 0 atom stereocenters. The minimum atomic E-state index is 0.500. The van der Waals surface area contributed by atoms with E-state index in [1.54, 1.807) is 17.7 Å². The molecule has 0 spiro atoms. The number of fused-ring (bicyclic) bond motifs is 1. The van der Waals surface area contributed by atoms with Gasteiger partial charge in [-0.1, -0.05) is 13.8 Å². The molecule has 28 heavy (non-hydrogen) atoms. The van der Waals surface area contributed by atoms with E-state index in [4.69, 9.17) is 10.1 Å². The number of hydrogen-bond donors (Lipinski definition) is 0. The second-order valence-electron chi connectivity index (χ2n) is 7.29.